The SMILES string of the molecule is CC(NC(=O)c1cncc(Nc2ccc(N3CCCC3)cc2)c1)c1ccccc1. The third-order valence-corrected chi connectivity index (χ3v) is 5.27. The normalized spacial score (nSPS) is 14.4. The van der Waals surface area contributed by atoms with Crippen molar-refractivity contribution in [1.29, 1.82) is 0 Å². The predicted octanol–water partition coefficient (Wildman–Crippen LogP) is 4.92. The molecule has 1 aliphatic heterocycles. The molecule has 1 fully saturated rings. The van der Waals surface area contributed by atoms with Gasteiger partial charge in [-0.15, -0.1) is 0 Å². The van der Waals surface area contributed by atoms with Gasteiger partial charge in [0.1, 0.15) is 0 Å². The van der Waals surface area contributed by atoms with E-state index in [2.05, 4.69) is 44.8 Å². The van der Waals surface area contributed by atoms with Gasteiger partial charge in [0.15, 0.2) is 0 Å². The molecule has 2 aromatic carbocycles. The van der Waals surface area contributed by atoms with Crippen LogP contribution < -0.4 is 15.5 Å². The van der Waals surface area contributed by atoms with Crippen molar-refractivity contribution in [3.8, 4) is 0 Å². The highest BCUT2D eigenvalue weighted by atomic mass is 16.1. The molecule has 1 atom stereocenters. The Bertz CT molecular complexity index is 950. The van der Waals surface area contributed by atoms with Crippen LogP contribution in [0.15, 0.2) is 73.1 Å². The Labute approximate surface area is 171 Å². The van der Waals surface area contributed by atoms with Crippen LogP contribution >= 0.6 is 0 Å². The third kappa shape index (κ3) is 4.74. The van der Waals surface area contributed by atoms with Crippen molar-refractivity contribution in [2.75, 3.05) is 23.3 Å². The minimum Gasteiger partial charge on any atom is -0.372 e. The van der Waals surface area contributed by atoms with E-state index >= 15 is 0 Å². The molecule has 29 heavy (non-hydrogen) atoms. The molecule has 2 N–H and O–H groups in total. The van der Waals surface area contributed by atoms with Crippen molar-refractivity contribution in [2.24, 2.45) is 0 Å². The fourth-order valence-electron chi connectivity index (χ4n) is 3.64. The lowest BCUT2D eigenvalue weighted by Gasteiger charge is -2.18. The number of rotatable bonds is 6. The van der Waals surface area contributed by atoms with Crippen LogP contribution in [-0.4, -0.2) is 24.0 Å². The lowest BCUT2D eigenvalue weighted by atomic mass is 10.1. The predicted molar refractivity (Wildman–Crippen MR) is 118 cm³/mol. The summed E-state index contributed by atoms with van der Waals surface area (Å²) in [5, 5.41) is 6.37. The number of pyridine rings is 1. The van der Waals surface area contributed by atoms with Gasteiger partial charge in [-0.2, -0.15) is 0 Å². The van der Waals surface area contributed by atoms with Gasteiger partial charge in [-0.1, -0.05) is 30.3 Å². The second kappa shape index (κ2) is 8.78. The van der Waals surface area contributed by atoms with Crippen LogP contribution in [0.1, 0.15) is 41.7 Å². The van der Waals surface area contributed by atoms with Gasteiger partial charge in [0.05, 0.1) is 23.5 Å². The fourth-order valence-corrected chi connectivity index (χ4v) is 3.64. The molecule has 0 saturated carbocycles. The summed E-state index contributed by atoms with van der Waals surface area (Å²) in [6.07, 6.45) is 5.85. The van der Waals surface area contributed by atoms with Crippen LogP contribution in [0, 0.1) is 0 Å². The molecule has 0 spiro atoms. The number of benzene rings is 2. The first-order valence-corrected chi connectivity index (χ1v) is 10.1. The largest absolute Gasteiger partial charge is 0.372 e. The van der Waals surface area contributed by atoms with E-state index in [0.717, 1.165) is 30.0 Å². The van der Waals surface area contributed by atoms with Crippen LogP contribution in [0.4, 0.5) is 17.1 Å². The first kappa shape index (κ1) is 19.0. The number of anilines is 3. The monoisotopic (exact) mass is 386 g/mol. The van der Waals surface area contributed by atoms with Crippen molar-refractivity contribution < 1.29 is 4.79 Å². The van der Waals surface area contributed by atoms with Gasteiger partial charge < -0.3 is 15.5 Å². The van der Waals surface area contributed by atoms with E-state index in [-0.39, 0.29) is 11.9 Å². The number of amides is 1. The third-order valence-electron chi connectivity index (χ3n) is 5.27. The highest BCUT2D eigenvalue weighted by Crippen LogP contribution is 2.24. The van der Waals surface area contributed by atoms with Gasteiger partial charge in [-0.3, -0.25) is 9.78 Å². The quantitative estimate of drug-likeness (QED) is 0.632. The van der Waals surface area contributed by atoms with E-state index in [1.54, 1.807) is 12.4 Å². The van der Waals surface area contributed by atoms with Crippen LogP contribution in [0.25, 0.3) is 0 Å². The maximum atomic E-state index is 12.6. The van der Waals surface area contributed by atoms with Crippen LogP contribution in [-0.2, 0) is 0 Å². The van der Waals surface area contributed by atoms with Crippen molar-refractivity contribution in [1.82, 2.24) is 10.3 Å². The Morgan fingerprint density at radius 3 is 2.41 bits per heavy atom. The molecular weight excluding hydrogens is 360 g/mol. The molecule has 5 nitrogen and oxygen atoms in total. The maximum Gasteiger partial charge on any atom is 0.253 e. The molecule has 1 amide bonds. The summed E-state index contributed by atoms with van der Waals surface area (Å²) in [6.45, 7) is 4.25. The topological polar surface area (TPSA) is 57.3 Å². The number of nitrogens with one attached hydrogen (secondary N) is 2. The van der Waals surface area contributed by atoms with Crippen molar-refractivity contribution in [3.05, 3.63) is 84.2 Å². The molecule has 0 radical (unpaired) electrons. The molecule has 0 aliphatic carbocycles. The summed E-state index contributed by atoms with van der Waals surface area (Å²) in [7, 11) is 0. The van der Waals surface area contributed by atoms with Gasteiger partial charge in [0, 0.05) is 30.7 Å². The first-order valence-electron chi connectivity index (χ1n) is 10.1. The molecule has 2 heterocycles. The molecule has 1 saturated heterocycles. The zero-order chi connectivity index (χ0) is 20.1. The van der Waals surface area contributed by atoms with Crippen LogP contribution in [0.3, 0.4) is 0 Å². The van der Waals surface area contributed by atoms with E-state index in [1.165, 1.54) is 18.5 Å². The summed E-state index contributed by atoms with van der Waals surface area (Å²) < 4.78 is 0. The van der Waals surface area contributed by atoms with E-state index < -0.39 is 0 Å². The molecule has 3 aromatic rings. The molecule has 1 unspecified atom stereocenters. The second-order valence-corrected chi connectivity index (χ2v) is 7.43. The average Bonchev–Trinajstić information content (AvgIpc) is 3.30. The Hall–Kier alpha value is -3.34. The van der Waals surface area contributed by atoms with Gasteiger partial charge >= 0.3 is 0 Å². The minimum atomic E-state index is -0.137. The highest BCUT2D eigenvalue weighted by Gasteiger charge is 2.13. The number of aromatic nitrogens is 1. The molecule has 5 heteroatoms. The van der Waals surface area contributed by atoms with E-state index in [4.69, 9.17) is 0 Å². The van der Waals surface area contributed by atoms with Crippen LogP contribution in [0.2, 0.25) is 0 Å². The second-order valence-electron chi connectivity index (χ2n) is 7.43. The lowest BCUT2D eigenvalue weighted by Crippen LogP contribution is -2.26. The number of hydrogen-bond acceptors (Lipinski definition) is 4. The smallest absolute Gasteiger partial charge is 0.253 e. The first-order chi connectivity index (χ1) is 14.2. The van der Waals surface area contributed by atoms with E-state index in [1.807, 2.05) is 43.3 Å². The molecule has 1 aliphatic rings. The summed E-state index contributed by atoms with van der Waals surface area (Å²) >= 11 is 0. The van der Waals surface area contributed by atoms with Crippen molar-refractivity contribution >= 4 is 23.0 Å². The Kier molecular flexibility index (Phi) is 5.75. The standard InChI is InChI=1S/C24H26N4O/c1-18(19-7-3-2-4-8-19)26-24(29)20-15-22(17-25-16-20)27-21-9-11-23(12-10-21)28-13-5-6-14-28/h2-4,7-12,15-18,27H,5-6,13-14H2,1H3,(H,26,29). The van der Waals surface area contributed by atoms with E-state index in [9.17, 15) is 4.79 Å². The van der Waals surface area contributed by atoms with Crippen molar-refractivity contribution in [3.63, 3.8) is 0 Å². The van der Waals surface area contributed by atoms with Gasteiger partial charge in [0.25, 0.3) is 5.91 Å². The molecule has 1 aromatic heterocycles. The molecule has 148 valence electrons. The van der Waals surface area contributed by atoms with Gasteiger partial charge in [0.2, 0.25) is 0 Å². The average molecular weight is 386 g/mol. The number of carbonyl (C=O) groups is 1. The fraction of sp³-hybridized carbons (Fsp3) is 0.250. The lowest BCUT2D eigenvalue weighted by molar-refractivity contribution is 0.0939. The maximum absolute atomic E-state index is 12.6. The Balaban J connectivity index is 1.41. The Morgan fingerprint density at radius 2 is 1.69 bits per heavy atom. The number of nitrogens with zero attached hydrogens (tertiary/aromatic N) is 2. The minimum absolute atomic E-state index is 0.0709. The summed E-state index contributed by atoms with van der Waals surface area (Å²) in [4.78, 5) is 19.3. The molecule has 0 bridgehead atoms. The molecular formula is C24H26N4O. The summed E-state index contributed by atoms with van der Waals surface area (Å²) in [6, 6.07) is 20.1. The zero-order valence-corrected chi connectivity index (χ0v) is 16.6. The Morgan fingerprint density at radius 1 is 0.966 bits per heavy atom. The molecule has 4 rings (SSSR count). The zero-order valence-electron chi connectivity index (χ0n) is 16.6. The summed E-state index contributed by atoms with van der Waals surface area (Å²) in [5.41, 5.74) is 4.63. The number of hydrogen-bond donors (Lipinski definition) is 2. The number of carbonyl (C=O) groups excluding carboxylic acids is 1. The van der Waals surface area contributed by atoms with Gasteiger partial charge in [-0.25, -0.2) is 0 Å². The van der Waals surface area contributed by atoms with Crippen LogP contribution in [0.5, 0.6) is 0 Å². The van der Waals surface area contributed by atoms with Gasteiger partial charge in [-0.05, 0) is 55.7 Å². The highest BCUT2D eigenvalue weighted by molar-refractivity contribution is 5.95. The van der Waals surface area contributed by atoms with E-state index in [0.29, 0.717) is 5.56 Å². The van der Waals surface area contributed by atoms with Crippen molar-refractivity contribution in [2.45, 2.75) is 25.8 Å². The summed E-state index contributed by atoms with van der Waals surface area (Å²) in [5.74, 6) is -0.137.